The molecule has 0 atom stereocenters. The van der Waals surface area contributed by atoms with Crippen molar-refractivity contribution in [3.05, 3.63) is 59.9 Å². The van der Waals surface area contributed by atoms with Crippen LogP contribution in [0.1, 0.15) is 5.56 Å². The smallest absolute Gasteiger partial charge is 0.230 e. The second kappa shape index (κ2) is 8.68. The predicted molar refractivity (Wildman–Crippen MR) is 102 cm³/mol. The fraction of sp³-hybridized carbons (Fsp3) is 0.211. The molecule has 1 heterocycles. The summed E-state index contributed by atoms with van der Waals surface area (Å²) in [7, 11) is 3.41. The monoisotopic (exact) mass is 386 g/mol. The molecule has 27 heavy (non-hydrogen) atoms. The molecule has 1 aromatic heterocycles. The number of para-hydroxylation sites is 1. The maximum atomic E-state index is 13.1. The Balaban J connectivity index is 1.57. The summed E-state index contributed by atoms with van der Waals surface area (Å²) in [6, 6.07) is 13.6. The molecule has 2 aromatic carbocycles. The lowest BCUT2D eigenvalue weighted by Gasteiger charge is -2.09. The van der Waals surface area contributed by atoms with Gasteiger partial charge in [-0.15, -0.1) is 10.2 Å². The van der Waals surface area contributed by atoms with Crippen molar-refractivity contribution in [3.8, 4) is 17.1 Å². The predicted octanol–water partition coefficient (Wildman–Crippen LogP) is 3.04. The topological polar surface area (TPSA) is 69.0 Å². The second-order valence-electron chi connectivity index (χ2n) is 5.75. The Hall–Kier alpha value is -2.87. The van der Waals surface area contributed by atoms with Crippen molar-refractivity contribution < 1.29 is 13.9 Å². The van der Waals surface area contributed by atoms with Gasteiger partial charge in [0.2, 0.25) is 5.91 Å². The third-order valence-electron chi connectivity index (χ3n) is 3.94. The third kappa shape index (κ3) is 4.65. The number of aromatic nitrogens is 3. The number of carbonyl (C=O) groups excluding carboxylic acids is 1. The van der Waals surface area contributed by atoms with Gasteiger partial charge in [0.25, 0.3) is 0 Å². The molecule has 0 aliphatic heterocycles. The quantitative estimate of drug-likeness (QED) is 0.632. The van der Waals surface area contributed by atoms with Gasteiger partial charge in [0, 0.05) is 24.7 Å². The van der Waals surface area contributed by atoms with Crippen LogP contribution in [0.2, 0.25) is 0 Å². The van der Waals surface area contributed by atoms with E-state index >= 15 is 0 Å². The Morgan fingerprint density at radius 1 is 1.19 bits per heavy atom. The highest BCUT2D eigenvalue weighted by Gasteiger charge is 2.13. The number of hydrogen-bond donors (Lipinski definition) is 1. The van der Waals surface area contributed by atoms with E-state index in [9.17, 15) is 9.18 Å². The zero-order chi connectivity index (χ0) is 19.2. The minimum atomic E-state index is -0.303. The summed E-state index contributed by atoms with van der Waals surface area (Å²) < 4.78 is 20.1. The Bertz CT molecular complexity index is 928. The van der Waals surface area contributed by atoms with Gasteiger partial charge in [-0.25, -0.2) is 4.39 Å². The van der Waals surface area contributed by atoms with Gasteiger partial charge in [-0.05, 0) is 30.3 Å². The van der Waals surface area contributed by atoms with Crippen molar-refractivity contribution >= 4 is 17.7 Å². The minimum Gasteiger partial charge on any atom is -0.496 e. The zero-order valence-corrected chi connectivity index (χ0v) is 15.8. The van der Waals surface area contributed by atoms with Crippen LogP contribution in [-0.2, 0) is 18.4 Å². The molecule has 0 unspecified atom stereocenters. The van der Waals surface area contributed by atoms with Crippen LogP contribution in [0.3, 0.4) is 0 Å². The van der Waals surface area contributed by atoms with Crippen LogP contribution in [0.25, 0.3) is 11.4 Å². The van der Waals surface area contributed by atoms with Gasteiger partial charge in [0.15, 0.2) is 11.0 Å². The highest BCUT2D eigenvalue weighted by molar-refractivity contribution is 7.99. The molecule has 6 nitrogen and oxygen atoms in total. The average molecular weight is 386 g/mol. The van der Waals surface area contributed by atoms with Crippen LogP contribution < -0.4 is 10.1 Å². The van der Waals surface area contributed by atoms with E-state index in [-0.39, 0.29) is 17.5 Å². The number of halogens is 1. The molecule has 1 N–H and O–H groups in total. The summed E-state index contributed by atoms with van der Waals surface area (Å²) in [5.41, 5.74) is 1.68. The molecule has 0 aliphatic rings. The SMILES string of the molecule is COc1ccccc1CNC(=O)CSc1nnc(-c2ccc(F)cc2)n1C. The van der Waals surface area contributed by atoms with Crippen LogP contribution in [0.15, 0.2) is 53.7 Å². The van der Waals surface area contributed by atoms with Gasteiger partial charge in [-0.1, -0.05) is 30.0 Å². The summed E-state index contributed by atoms with van der Waals surface area (Å²) in [5.74, 6) is 1.15. The zero-order valence-electron chi connectivity index (χ0n) is 15.0. The van der Waals surface area contributed by atoms with Gasteiger partial charge in [0.05, 0.1) is 12.9 Å². The summed E-state index contributed by atoms with van der Waals surface area (Å²) in [4.78, 5) is 12.1. The molecule has 0 saturated carbocycles. The lowest BCUT2D eigenvalue weighted by Crippen LogP contribution is -2.25. The van der Waals surface area contributed by atoms with Crippen molar-refractivity contribution in [1.82, 2.24) is 20.1 Å². The van der Waals surface area contributed by atoms with Crippen LogP contribution in [0, 0.1) is 5.82 Å². The molecule has 0 aliphatic carbocycles. The first-order valence-corrected chi connectivity index (χ1v) is 9.23. The standard InChI is InChI=1S/C19H19FN4O2S/c1-24-18(13-7-9-15(20)10-8-13)22-23-19(24)27-12-17(25)21-11-14-5-3-4-6-16(14)26-2/h3-10H,11-12H2,1-2H3,(H,21,25). The number of hydrogen-bond acceptors (Lipinski definition) is 5. The minimum absolute atomic E-state index is 0.114. The number of methoxy groups -OCH3 is 1. The molecular formula is C19H19FN4O2S. The Kier molecular flexibility index (Phi) is 6.08. The van der Waals surface area contributed by atoms with Gasteiger partial charge < -0.3 is 14.6 Å². The van der Waals surface area contributed by atoms with Crippen LogP contribution in [0.5, 0.6) is 5.75 Å². The van der Waals surface area contributed by atoms with Gasteiger partial charge in [-0.3, -0.25) is 4.79 Å². The molecule has 0 spiro atoms. The van der Waals surface area contributed by atoms with Gasteiger partial charge in [-0.2, -0.15) is 0 Å². The van der Waals surface area contributed by atoms with Gasteiger partial charge >= 0.3 is 0 Å². The van der Waals surface area contributed by atoms with E-state index in [1.165, 1.54) is 23.9 Å². The molecular weight excluding hydrogens is 367 g/mol. The van der Waals surface area contributed by atoms with Crippen molar-refractivity contribution in [1.29, 1.82) is 0 Å². The molecule has 3 aromatic rings. The van der Waals surface area contributed by atoms with E-state index < -0.39 is 0 Å². The van der Waals surface area contributed by atoms with Crippen molar-refractivity contribution in [2.24, 2.45) is 7.05 Å². The fourth-order valence-corrected chi connectivity index (χ4v) is 3.26. The first-order valence-electron chi connectivity index (χ1n) is 8.25. The maximum Gasteiger partial charge on any atom is 0.230 e. The van der Waals surface area contributed by atoms with Crippen molar-refractivity contribution in [2.45, 2.75) is 11.7 Å². The largest absolute Gasteiger partial charge is 0.496 e. The lowest BCUT2D eigenvalue weighted by atomic mass is 10.2. The van der Waals surface area contributed by atoms with Crippen LogP contribution >= 0.6 is 11.8 Å². The number of benzene rings is 2. The average Bonchev–Trinajstić information content (AvgIpc) is 3.06. The van der Waals surface area contributed by atoms with E-state index in [0.29, 0.717) is 17.5 Å². The number of nitrogens with one attached hydrogen (secondary N) is 1. The summed E-state index contributed by atoms with van der Waals surface area (Å²) in [6.07, 6.45) is 0. The number of amides is 1. The van der Waals surface area contributed by atoms with E-state index in [1.807, 2.05) is 31.3 Å². The lowest BCUT2D eigenvalue weighted by molar-refractivity contribution is -0.118. The molecule has 0 bridgehead atoms. The molecule has 3 rings (SSSR count). The van der Waals surface area contributed by atoms with E-state index in [2.05, 4.69) is 15.5 Å². The number of thioether (sulfide) groups is 1. The highest BCUT2D eigenvalue weighted by Crippen LogP contribution is 2.23. The fourth-order valence-electron chi connectivity index (χ4n) is 2.51. The maximum absolute atomic E-state index is 13.1. The van der Waals surface area contributed by atoms with Crippen molar-refractivity contribution in [2.75, 3.05) is 12.9 Å². The van der Waals surface area contributed by atoms with E-state index in [0.717, 1.165) is 16.9 Å². The number of rotatable bonds is 7. The van der Waals surface area contributed by atoms with E-state index in [4.69, 9.17) is 4.74 Å². The van der Waals surface area contributed by atoms with Crippen LogP contribution in [-0.4, -0.2) is 33.5 Å². The van der Waals surface area contributed by atoms with Gasteiger partial charge in [0.1, 0.15) is 11.6 Å². The molecule has 8 heteroatoms. The normalized spacial score (nSPS) is 10.6. The number of ether oxygens (including phenoxy) is 1. The molecule has 140 valence electrons. The Morgan fingerprint density at radius 3 is 2.67 bits per heavy atom. The molecule has 0 saturated heterocycles. The first-order chi connectivity index (χ1) is 13.1. The Morgan fingerprint density at radius 2 is 1.93 bits per heavy atom. The summed E-state index contributed by atoms with van der Waals surface area (Å²) >= 11 is 1.29. The number of carbonyl (C=O) groups is 1. The highest BCUT2D eigenvalue weighted by atomic mass is 32.2. The first kappa shape index (κ1) is 18.9. The Labute approximate surface area is 160 Å². The summed E-state index contributed by atoms with van der Waals surface area (Å²) in [5, 5.41) is 11.7. The molecule has 0 fully saturated rings. The second-order valence-corrected chi connectivity index (χ2v) is 6.69. The number of nitrogens with zero attached hydrogens (tertiary/aromatic N) is 3. The molecule has 1 amide bonds. The van der Waals surface area contributed by atoms with Crippen LogP contribution in [0.4, 0.5) is 4.39 Å². The molecule has 0 radical (unpaired) electrons. The third-order valence-corrected chi connectivity index (χ3v) is 4.96. The van der Waals surface area contributed by atoms with Crippen molar-refractivity contribution in [3.63, 3.8) is 0 Å². The van der Waals surface area contributed by atoms with E-state index in [1.54, 1.807) is 23.8 Å². The summed E-state index contributed by atoms with van der Waals surface area (Å²) in [6.45, 7) is 0.392.